The molecule has 0 aliphatic heterocycles. The standard InChI is InChI=1S/C14H16F3N3S/c1-2-3-12-13(21-20-19-12)11(18)8-9-4-6-10(7-5-9)14(15,16)17/h4-7,11H,2-3,8,18H2,1H3. The molecule has 0 aliphatic rings. The van der Waals surface area contributed by atoms with Crippen molar-refractivity contribution in [1.29, 1.82) is 0 Å². The van der Waals surface area contributed by atoms with Crippen LogP contribution in [0.5, 0.6) is 0 Å². The summed E-state index contributed by atoms with van der Waals surface area (Å²) in [6, 6.07) is 4.82. The summed E-state index contributed by atoms with van der Waals surface area (Å²) in [5.41, 5.74) is 7.15. The van der Waals surface area contributed by atoms with Gasteiger partial charge in [-0.2, -0.15) is 13.2 Å². The van der Waals surface area contributed by atoms with Crippen LogP contribution >= 0.6 is 11.5 Å². The molecule has 0 amide bonds. The Morgan fingerprint density at radius 3 is 2.48 bits per heavy atom. The minimum atomic E-state index is -4.31. The summed E-state index contributed by atoms with van der Waals surface area (Å²) >= 11 is 1.26. The second-order valence-electron chi connectivity index (χ2n) is 4.84. The van der Waals surface area contributed by atoms with E-state index in [4.69, 9.17) is 5.73 Å². The first kappa shape index (κ1) is 15.9. The lowest BCUT2D eigenvalue weighted by atomic mass is 10.0. The normalized spacial score (nSPS) is 13.4. The molecule has 3 nitrogen and oxygen atoms in total. The van der Waals surface area contributed by atoms with Gasteiger partial charge in [0.1, 0.15) is 0 Å². The molecule has 1 heterocycles. The maximum atomic E-state index is 12.5. The van der Waals surface area contributed by atoms with Crippen LogP contribution in [0.2, 0.25) is 0 Å². The Bertz CT molecular complexity index is 578. The summed E-state index contributed by atoms with van der Waals surface area (Å²) in [5.74, 6) is 0. The Morgan fingerprint density at radius 1 is 1.24 bits per heavy atom. The molecular formula is C14H16F3N3S. The van der Waals surface area contributed by atoms with Crippen LogP contribution in [-0.2, 0) is 19.0 Å². The molecule has 0 bridgehead atoms. The molecule has 114 valence electrons. The highest BCUT2D eigenvalue weighted by molar-refractivity contribution is 7.05. The van der Waals surface area contributed by atoms with Crippen LogP contribution in [-0.4, -0.2) is 9.59 Å². The molecule has 1 aromatic heterocycles. The molecule has 21 heavy (non-hydrogen) atoms. The van der Waals surface area contributed by atoms with Crippen LogP contribution in [0.15, 0.2) is 24.3 Å². The van der Waals surface area contributed by atoms with Crippen molar-refractivity contribution in [3.63, 3.8) is 0 Å². The van der Waals surface area contributed by atoms with Gasteiger partial charge in [-0.25, -0.2) is 0 Å². The van der Waals surface area contributed by atoms with E-state index < -0.39 is 11.7 Å². The van der Waals surface area contributed by atoms with E-state index in [9.17, 15) is 13.2 Å². The van der Waals surface area contributed by atoms with Crippen molar-refractivity contribution in [3.8, 4) is 0 Å². The van der Waals surface area contributed by atoms with E-state index in [1.54, 1.807) is 0 Å². The number of hydrogen-bond donors (Lipinski definition) is 1. The molecule has 2 rings (SSSR count). The van der Waals surface area contributed by atoms with E-state index in [-0.39, 0.29) is 6.04 Å². The Morgan fingerprint density at radius 2 is 1.90 bits per heavy atom. The van der Waals surface area contributed by atoms with E-state index in [0.29, 0.717) is 6.42 Å². The molecule has 2 aromatic rings. The highest BCUT2D eigenvalue weighted by atomic mass is 32.1. The van der Waals surface area contributed by atoms with E-state index >= 15 is 0 Å². The third-order valence-corrected chi connectivity index (χ3v) is 4.04. The predicted molar refractivity (Wildman–Crippen MR) is 76.0 cm³/mol. The van der Waals surface area contributed by atoms with Crippen LogP contribution < -0.4 is 5.73 Å². The number of halogens is 3. The lowest BCUT2D eigenvalue weighted by molar-refractivity contribution is -0.137. The van der Waals surface area contributed by atoms with Crippen molar-refractivity contribution in [1.82, 2.24) is 9.59 Å². The van der Waals surface area contributed by atoms with Gasteiger partial charge >= 0.3 is 6.18 Å². The Hall–Kier alpha value is -1.47. The summed E-state index contributed by atoms with van der Waals surface area (Å²) in [6.07, 6.45) is -2.08. The Labute approximate surface area is 125 Å². The van der Waals surface area contributed by atoms with Crippen molar-refractivity contribution in [2.45, 2.75) is 38.4 Å². The average Bonchev–Trinajstić information content (AvgIpc) is 2.87. The second-order valence-corrected chi connectivity index (χ2v) is 5.62. The topological polar surface area (TPSA) is 51.8 Å². The van der Waals surface area contributed by atoms with Gasteiger partial charge in [0.05, 0.1) is 16.1 Å². The van der Waals surface area contributed by atoms with Gasteiger partial charge in [0.15, 0.2) is 0 Å². The summed E-state index contributed by atoms with van der Waals surface area (Å²) in [6.45, 7) is 2.05. The molecular weight excluding hydrogens is 299 g/mol. The molecule has 0 fully saturated rings. The summed E-state index contributed by atoms with van der Waals surface area (Å²) < 4.78 is 41.4. The zero-order valence-electron chi connectivity index (χ0n) is 11.5. The van der Waals surface area contributed by atoms with Gasteiger partial charge in [0.25, 0.3) is 0 Å². The molecule has 1 atom stereocenters. The summed E-state index contributed by atoms with van der Waals surface area (Å²) in [5, 5.41) is 4.05. The SMILES string of the molecule is CCCc1nnsc1C(N)Cc1ccc(C(F)(F)F)cc1. The van der Waals surface area contributed by atoms with Crippen LogP contribution in [0.1, 0.15) is 41.1 Å². The van der Waals surface area contributed by atoms with Crippen LogP contribution in [0.3, 0.4) is 0 Å². The predicted octanol–water partition coefficient (Wildman–Crippen LogP) is 3.75. The van der Waals surface area contributed by atoms with E-state index in [2.05, 4.69) is 9.59 Å². The fraction of sp³-hybridized carbons (Fsp3) is 0.429. The van der Waals surface area contributed by atoms with Gasteiger partial charge in [-0.3, -0.25) is 0 Å². The van der Waals surface area contributed by atoms with Crippen LogP contribution in [0, 0.1) is 0 Å². The summed E-state index contributed by atoms with van der Waals surface area (Å²) in [4.78, 5) is 0.914. The van der Waals surface area contributed by atoms with Gasteiger partial charge in [-0.05, 0) is 42.1 Å². The minimum Gasteiger partial charge on any atom is -0.323 e. The largest absolute Gasteiger partial charge is 0.416 e. The molecule has 0 spiro atoms. The molecule has 2 N–H and O–H groups in total. The number of aromatic nitrogens is 2. The molecule has 1 unspecified atom stereocenters. The minimum absolute atomic E-state index is 0.289. The van der Waals surface area contributed by atoms with E-state index in [0.717, 1.165) is 41.1 Å². The number of rotatable bonds is 5. The summed E-state index contributed by atoms with van der Waals surface area (Å²) in [7, 11) is 0. The van der Waals surface area contributed by atoms with Crippen molar-refractivity contribution < 1.29 is 13.2 Å². The van der Waals surface area contributed by atoms with Gasteiger partial charge < -0.3 is 5.73 Å². The number of hydrogen-bond acceptors (Lipinski definition) is 4. The van der Waals surface area contributed by atoms with Gasteiger partial charge in [0.2, 0.25) is 0 Å². The fourth-order valence-corrected chi connectivity index (χ4v) is 2.78. The van der Waals surface area contributed by atoms with Crippen LogP contribution in [0.25, 0.3) is 0 Å². The number of nitrogens with two attached hydrogens (primary N) is 1. The first-order chi connectivity index (χ1) is 9.91. The first-order valence-electron chi connectivity index (χ1n) is 6.64. The molecule has 7 heteroatoms. The van der Waals surface area contributed by atoms with E-state index in [1.807, 2.05) is 6.92 Å². The first-order valence-corrected chi connectivity index (χ1v) is 7.42. The maximum absolute atomic E-state index is 12.5. The van der Waals surface area contributed by atoms with Crippen molar-refractivity contribution in [2.75, 3.05) is 0 Å². The third-order valence-electron chi connectivity index (χ3n) is 3.15. The molecule has 0 saturated heterocycles. The van der Waals surface area contributed by atoms with Crippen molar-refractivity contribution in [3.05, 3.63) is 46.0 Å². The zero-order valence-corrected chi connectivity index (χ0v) is 12.3. The smallest absolute Gasteiger partial charge is 0.323 e. The number of aryl methyl sites for hydroxylation is 1. The van der Waals surface area contributed by atoms with Gasteiger partial charge in [-0.15, -0.1) is 5.10 Å². The molecule has 0 saturated carbocycles. The van der Waals surface area contributed by atoms with Crippen LogP contribution in [0.4, 0.5) is 13.2 Å². The lowest BCUT2D eigenvalue weighted by Crippen LogP contribution is -2.14. The average molecular weight is 315 g/mol. The Kier molecular flexibility index (Phi) is 4.95. The monoisotopic (exact) mass is 315 g/mol. The molecule has 0 radical (unpaired) electrons. The molecule has 1 aromatic carbocycles. The highest BCUT2D eigenvalue weighted by Crippen LogP contribution is 2.30. The number of nitrogens with zero attached hydrogens (tertiary/aromatic N) is 2. The van der Waals surface area contributed by atoms with Crippen molar-refractivity contribution >= 4 is 11.5 Å². The zero-order chi connectivity index (χ0) is 15.5. The second kappa shape index (κ2) is 6.53. The van der Waals surface area contributed by atoms with Crippen molar-refractivity contribution in [2.24, 2.45) is 5.73 Å². The van der Waals surface area contributed by atoms with Gasteiger partial charge in [-0.1, -0.05) is 30.0 Å². The Balaban J connectivity index is 2.09. The maximum Gasteiger partial charge on any atom is 0.416 e. The highest BCUT2D eigenvalue weighted by Gasteiger charge is 2.30. The quantitative estimate of drug-likeness (QED) is 0.914. The van der Waals surface area contributed by atoms with Gasteiger partial charge in [0, 0.05) is 6.04 Å². The third kappa shape index (κ3) is 4.01. The molecule has 0 aliphatic carbocycles. The number of benzene rings is 1. The lowest BCUT2D eigenvalue weighted by Gasteiger charge is -2.12. The number of alkyl halides is 3. The fourth-order valence-electron chi connectivity index (χ4n) is 2.08. The van der Waals surface area contributed by atoms with E-state index in [1.165, 1.54) is 23.7 Å².